The molecule has 0 saturated carbocycles. The van der Waals surface area contributed by atoms with Crippen LogP contribution in [0.1, 0.15) is 29.2 Å². The van der Waals surface area contributed by atoms with E-state index in [1.165, 1.54) is 7.11 Å². The molecule has 0 aliphatic heterocycles. The summed E-state index contributed by atoms with van der Waals surface area (Å²) < 4.78 is 66.3. The summed E-state index contributed by atoms with van der Waals surface area (Å²) in [6.07, 6.45) is 3.99. The van der Waals surface area contributed by atoms with Gasteiger partial charge in [-0.3, -0.25) is 14.2 Å². The van der Waals surface area contributed by atoms with Gasteiger partial charge in [0, 0.05) is 23.7 Å². The Morgan fingerprint density at radius 2 is 1.93 bits per heavy atom. The Kier molecular flexibility index (Phi) is 8.80. The molecule has 0 spiro atoms. The Morgan fingerprint density at radius 3 is 2.63 bits per heavy atom. The summed E-state index contributed by atoms with van der Waals surface area (Å²) in [4.78, 5) is 11.9. The number of ether oxygens (including phenoxy) is 1. The number of hydrogen-bond donors (Lipinski definition) is 3. The summed E-state index contributed by atoms with van der Waals surface area (Å²) in [5.41, 5.74) is 3.52. The molecule has 13 nitrogen and oxygen atoms in total. The number of nitrogens with one attached hydrogen (secondary N) is 3. The fourth-order valence-corrected chi connectivity index (χ4v) is 5.77. The van der Waals surface area contributed by atoms with Gasteiger partial charge in [0.25, 0.3) is 10.0 Å². The van der Waals surface area contributed by atoms with Crippen molar-refractivity contribution in [3.63, 3.8) is 0 Å². The topological polar surface area (TPSA) is 175 Å². The summed E-state index contributed by atoms with van der Waals surface area (Å²) in [5.74, 6) is -0.213. The number of rotatable bonds is 13. The van der Waals surface area contributed by atoms with Crippen molar-refractivity contribution in [3.8, 4) is 5.75 Å². The van der Waals surface area contributed by atoms with Crippen LogP contribution in [0.25, 0.3) is 11.0 Å². The van der Waals surface area contributed by atoms with Gasteiger partial charge in [-0.1, -0.05) is 30.8 Å². The predicted octanol–water partition coefficient (Wildman–Crippen LogP) is 2.43. The molecule has 0 saturated heterocycles. The molecule has 0 aliphatic carbocycles. The molecule has 3 N–H and O–H groups in total. The number of fused-ring (bicyclic) bond motifs is 1. The van der Waals surface area contributed by atoms with Crippen molar-refractivity contribution in [3.05, 3.63) is 77.0 Å². The molecule has 15 heteroatoms. The van der Waals surface area contributed by atoms with Gasteiger partial charge in [-0.15, -0.1) is 0 Å². The molecule has 4 rings (SSSR count). The number of aryl methyl sites for hydroxylation is 2. The molecule has 2 heterocycles. The van der Waals surface area contributed by atoms with Crippen molar-refractivity contribution in [1.82, 2.24) is 25.0 Å². The van der Waals surface area contributed by atoms with Crippen molar-refractivity contribution in [2.45, 2.75) is 38.3 Å². The zero-order chi connectivity index (χ0) is 29.8. The number of benzene rings is 2. The minimum Gasteiger partial charge on any atom is -0.495 e. The van der Waals surface area contributed by atoms with Crippen LogP contribution in [0, 0.1) is 6.92 Å². The third-order valence-electron chi connectivity index (χ3n) is 6.16. The second-order valence-corrected chi connectivity index (χ2v) is 12.5. The van der Waals surface area contributed by atoms with E-state index in [1.807, 2.05) is 26.0 Å². The van der Waals surface area contributed by atoms with E-state index in [0.717, 1.165) is 22.1 Å². The van der Waals surface area contributed by atoms with E-state index in [4.69, 9.17) is 9.26 Å². The minimum atomic E-state index is -4.03. The maximum Gasteiger partial charge on any atom is 0.266 e. The number of aromatic nitrogens is 3. The molecular formula is C26H30N6O7S2. The first-order chi connectivity index (χ1) is 19.4. The number of anilines is 1. The molecule has 218 valence electrons. The highest BCUT2D eigenvalue weighted by atomic mass is 32.2. The first kappa shape index (κ1) is 29.8. The molecule has 2 aromatic carbocycles. The molecular weight excluding hydrogens is 572 g/mol. The highest BCUT2D eigenvalue weighted by molar-refractivity contribution is 7.93. The van der Waals surface area contributed by atoms with Crippen LogP contribution >= 0.6 is 0 Å². The Hall–Kier alpha value is -4.21. The first-order valence-electron chi connectivity index (χ1n) is 12.4. The van der Waals surface area contributed by atoms with Crippen molar-refractivity contribution in [2.75, 3.05) is 18.4 Å². The van der Waals surface area contributed by atoms with Crippen LogP contribution in [-0.4, -0.2) is 51.3 Å². The smallest absolute Gasteiger partial charge is 0.266 e. The Morgan fingerprint density at radius 1 is 1.15 bits per heavy atom. The second-order valence-electron chi connectivity index (χ2n) is 9.12. The van der Waals surface area contributed by atoms with Gasteiger partial charge in [0.2, 0.25) is 15.9 Å². The van der Waals surface area contributed by atoms with Crippen LogP contribution in [0.15, 0.2) is 64.1 Å². The first-order valence-corrected chi connectivity index (χ1v) is 15.5. The van der Waals surface area contributed by atoms with E-state index < -0.39 is 32.5 Å². The van der Waals surface area contributed by atoms with E-state index in [-0.39, 0.29) is 23.0 Å². The highest BCUT2D eigenvalue weighted by Gasteiger charge is 2.24. The van der Waals surface area contributed by atoms with Crippen molar-refractivity contribution in [1.29, 1.82) is 0 Å². The van der Waals surface area contributed by atoms with Crippen molar-refractivity contribution < 1.29 is 30.9 Å². The van der Waals surface area contributed by atoms with Gasteiger partial charge >= 0.3 is 0 Å². The van der Waals surface area contributed by atoms with Gasteiger partial charge in [0.05, 0.1) is 31.8 Å². The maximum absolute atomic E-state index is 13.3. The summed E-state index contributed by atoms with van der Waals surface area (Å²) >= 11 is 0. The normalized spacial score (nSPS) is 11.9. The van der Waals surface area contributed by atoms with Crippen LogP contribution in [-0.2, 0) is 44.4 Å². The highest BCUT2D eigenvalue weighted by Crippen LogP contribution is 2.32. The lowest BCUT2D eigenvalue weighted by atomic mass is 10.1. The van der Waals surface area contributed by atoms with Crippen LogP contribution in [0.2, 0.25) is 0 Å². The summed E-state index contributed by atoms with van der Waals surface area (Å²) in [6, 6.07) is 8.63. The third-order valence-corrected chi connectivity index (χ3v) is 8.51. The molecule has 0 unspecified atom stereocenters. The average molecular weight is 603 g/mol. The van der Waals surface area contributed by atoms with Crippen LogP contribution in [0.3, 0.4) is 0 Å². The maximum atomic E-state index is 13.3. The number of carbonyl (C=O) groups excluding carboxylic acids is 1. The van der Waals surface area contributed by atoms with Gasteiger partial charge in [0.1, 0.15) is 10.6 Å². The van der Waals surface area contributed by atoms with Gasteiger partial charge in [-0.05, 0) is 48.2 Å². The monoisotopic (exact) mass is 602 g/mol. The van der Waals surface area contributed by atoms with Crippen molar-refractivity contribution >= 4 is 42.7 Å². The number of hydrogen-bond acceptors (Lipinski definition) is 9. The number of nitrogens with zero attached hydrogens (tertiary/aromatic N) is 3. The van der Waals surface area contributed by atoms with Crippen LogP contribution < -0.4 is 19.5 Å². The Balaban J connectivity index is 1.46. The van der Waals surface area contributed by atoms with Crippen LogP contribution in [0.5, 0.6) is 5.75 Å². The number of carbonyl (C=O) groups is 1. The van der Waals surface area contributed by atoms with Gasteiger partial charge < -0.3 is 14.6 Å². The second kappa shape index (κ2) is 12.1. The number of sulfonamides is 2. The molecule has 0 aliphatic rings. The van der Waals surface area contributed by atoms with E-state index >= 15 is 0 Å². The molecule has 0 bridgehead atoms. The SMILES string of the molecule is C=CS(=O)(=O)NCC(=O)NCc1cnn(Cc2cc(C)c3c(NS(=O)(=O)c4cc(CC)ccc4OC)noc3c2)c1. The van der Waals surface area contributed by atoms with E-state index in [9.17, 15) is 21.6 Å². The number of methoxy groups -OCH3 is 1. The van der Waals surface area contributed by atoms with Gasteiger partial charge in [-0.25, -0.2) is 21.6 Å². The lowest BCUT2D eigenvalue weighted by molar-refractivity contribution is -0.120. The Bertz CT molecular complexity index is 1810. The van der Waals surface area contributed by atoms with E-state index in [2.05, 4.69) is 31.6 Å². The third kappa shape index (κ3) is 7.11. The predicted molar refractivity (Wildman–Crippen MR) is 152 cm³/mol. The quantitative estimate of drug-likeness (QED) is 0.208. The lowest BCUT2D eigenvalue weighted by Gasteiger charge is -2.12. The molecule has 4 aromatic rings. The minimum absolute atomic E-state index is 0.00788. The van der Waals surface area contributed by atoms with E-state index in [1.54, 1.807) is 35.3 Å². The van der Waals surface area contributed by atoms with Crippen LogP contribution in [0.4, 0.5) is 5.82 Å². The van der Waals surface area contributed by atoms with Gasteiger partial charge in [-0.2, -0.15) is 5.10 Å². The standard InChI is InChI=1S/C26H30N6O7S2/c1-5-18-7-8-21(38-4)23(11-18)41(36,37)31-26-25-17(3)9-19(10-22(25)39-30-26)15-32-16-20(13-28-32)12-27-24(33)14-29-40(34,35)6-2/h6-11,13,16,29H,2,5,12,14-15H2,1,3-4H3,(H,27,33)(H,30,31). The average Bonchev–Trinajstić information content (AvgIpc) is 3.56. The molecule has 0 fully saturated rings. The summed E-state index contributed by atoms with van der Waals surface area (Å²) in [7, 11) is -6.30. The fourth-order valence-electron chi connectivity index (χ4n) is 4.10. The fraction of sp³-hybridized carbons (Fsp3) is 0.269. The zero-order valence-corrected chi connectivity index (χ0v) is 24.3. The molecule has 41 heavy (non-hydrogen) atoms. The van der Waals surface area contributed by atoms with Gasteiger partial charge in [0.15, 0.2) is 11.4 Å². The largest absolute Gasteiger partial charge is 0.495 e. The summed E-state index contributed by atoms with van der Waals surface area (Å²) in [6.45, 7) is 7.04. The molecule has 2 aromatic heterocycles. The van der Waals surface area contributed by atoms with Crippen molar-refractivity contribution in [2.24, 2.45) is 0 Å². The molecule has 0 radical (unpaired) electrons. The molecule has 1 amide bonds. The zero-order valence-electron chi connectivity index (χ0n) is 22.7. The number of amides is 1. The molecule has 0 atom stereocenters. The lowest BCUT2D eigenvalue weighted by Crippen LogP contribution is -2.35. The van der Waals surface area contributed by atoms with E-state index in [0.29, 0.717) is 29.5 Å². The summed E-state index contributed by atoms with van der Waals surface area (Å²) in [5, 5.41) is 12.1. The Labute approximate surface area is 237 Å².